The zero-order chi connectivity index (χ0) is 31.6. The Morgan fingerprint density at radius 2 is 1.25 bits per heavy atom. The molecule has 4 rings (SSSR count). The van der Waals surface area contributed by atoms with Crippen molar-refractivity contribution in [3.8, 4) is 11.3 Å². The summed E-state index contributed by atoms with van der Waals surface area (Å²) in [5.41, 5.74) is 0.825. The van der Waals surface area contributed by atoms with E-state index in [2.05, 4.69) is 10.6 Å². The van der Waals surface area contributed by atoms with Gasteiger partial charge in [-0.1, -0.05) is 12.1 Å². The molecule has 0 fully saturated rings. The van der Waals surface area contributed by atoms with Gasteiger partial charge < -0.3 is 24.5 Å². The molecule has 0 spiro atoms. The summed E-state index contributed by atoms with van der Waals surface area (Å²) in [7, 11) is 0. The Kier molecular flexibility index (Phi) is 9.99. The fraction of sp³-hybridized carbons (Fsp3) is 0.125. The lowest BCUT2D eigenvalue weighted by Crippen LogP contribution is -2.25. The van der Waals surface area contributed by atoms with Gasteiger partial charge in [0.15, 0.2) is 0 Å². The fourth-order valence-corrected chi connectivity index (χ4v) is 4.00. The number of nitrogens with one attached hydrogen (secondary N) is 2. The van der Waals surface area contributed by atoms with Gasteiger partial charge in [-0.25, -0.2) is 9.59 Å². The molecule has 0 saturated heterocycles. The van der Waals surface area contributed by atoms with Crippen molar-refractivity contribution in [2.45, 2.75) is 13.8 Å². The van der Waals surface area contributed by atoms with Gasteiger partial charge in [-0.3, -0.25) is 19.7 Å². The van der Waals surface area contributed by atoms with Crippen LogP contribution >= 0.6 is 0 Å². The van der Waals surface area contributed by atoms with Gasteiger partial charge in [0.05, 0.1) is 34.8 Å². The number of para-hydroxylation sites is 1. The van der Waals surface area contributed by atoms with Crippen molar-refractivity contribution >= 4 is 46.9 Å². The van der Waals surface area contributed by atoms with Gasteiger partial charge in [0, 0.05) is 17.4 Å². The quantitative estimate of drug-likeness (QED) is 0.0537. The average molecular weight is 598 g/mol. The van der Waals surface area contributed by atoms with Crippen LogP contribution in [0.2, 0.25) is 0 Å². The Bertz CT molecular complexity index is 1640. The van der Waals surface area contributed by atoms with Crippen LogP contribution in [-0.4, -0.2) is 41.9 Å². The van der Waals surface area contributed by atoms with Gasteiger partial charge in [-0.15, -0.1) is 0 Å². The van der Waals surface area contributed by atoms with E-state index in [1.54, 1.807) is 19.9 Å². The van der Waals surface area contributed by atoms with Gasteiger partial charge in [0.25, 0.3) is 17.5 Å². The average Bonchev–Trinajstić information content (AvgIpc) is 3.49. The van der Waals surface area contributed by atoms with Crippen LogP contribution in [0.1, 0.15) is 40.3 Å². The summed E-state index contributed by atoms with van der Waals surface area (Å²) in [5.74, 6) is -2.42. The van der Waals surface area contributed by atoms with Crippen molar-refractivity contribution in [2.24, 2.45) is 0 Å². The molecule has 1 aromatic heterocycles. The molecule has 224 valence electrons. The lowest BCUT2D eigenvalue weighted by Gasteiger charge is -2.11. The minimum absolute atomic E-state index is 0.0776. The summed E-state index contributed by atoms with van der Waals surface area (Å²) in [6, 6.07) is 20.7. The number of carbonyl (C=O) groups excluding carboxylic acids is 4. The maximum absolute atomic E-state index is 13.4. The lowest BCUT2D eigenvalue weighted by atomic mass is 10.1. The number of nitrogens with zero attached hydrogens (tertiary/aromatic N) is 1. The Morgan fingerprint density at radius 1 is 0.750 bits per heavy atom. The number of ether oxygens (including phenoxy) is 2. The molecule has 3 aromatic carbocycles. The second kappa shape index (κ2) is 14.2. The van der Waals surface area contributed by atoms with E-state index in [4.69, 9.17) is 13.9 Å². The first kappa shape index (κ1) is 30.9. The molecule has 12 nitrogen and oxygen atoms in total. The third-order valence-electron chi connectivity index (χ3n) is 6.08. The molecule has 44 heavy (non-hydrogen) atoms. The molecule has 12 heteroatoms. The zero-order valence-corrected chi connectivity index (χ0v) is 23.7. The van der Waals surface area contributed by atoms with Gasteiger partial charge in [0.2, 0.25) is 0 Å². The third-order valence-corrected chi connectivity index (χ3v) is 6.08. The standard InChI is InChI=1S/C32H27N3O9/c1-3-42-31(38)20-9-13-22(14-10-20)33-29(36)26(30(37)34-23-15-11-21(12-16-23)32(39)43-4-2)19-24-17-18-28(44-24)25-7-5-6-8-27(25)35(40)41/h5-19H,3-4H2,1-2H3,(H,33,36)(H,34,37). The number of esters is 2. The molecule has 0 unspecified atom stereocenters. The zero-order valence-electron chi connectivity index (χ0n) is 23.7. The number of nitro groups is 1. The van der Waals surface area contributed by atoms with E-state index >= 15 is 0 Å². The summed E-state index contributed by atoms with van der Waals surface area (Å²) in [4.78, 5) is 61.6. The summed E-state index contributed by atoms with van der Waals surface area (Å²) in [5, 5.41) is 16.7. The van der Waals surface area contributed by atoms with Crippen molar-refractivity contribution in [2.75, 3.05) is 23.8 Å². The molecule has 0 aliphatic heterocycles. The summed E-state index contributed by atoms with van der Waals surface area (Å²) >= 11 is 0. The lowest BCUT2D eigenvalue weighted by molar-refractivity contribution is -0.384. The molecule has 2 amide bonds. The molecular weight excluding hydrogens is 570 g/mol. The normalized spacial score (nSPS) is 10.3. The SMILES string of the molecule is CCOC(=O)c1ccc(NC(=O)C(=Cc2ccc(-c3ccccc3[N+](=O)[O-])o2)C(=O)Nc2ccc(C(=O)OCC)cc2)cc1. The molecule has 0 aliphatic rings. The van der Waals surface area contributed by atoms with Crippen molar-refractivity contribution in [1.29, 1.82) is 0 Å². The van der Waals surface area contributed by atoms with Crippen molar-refractivity contribution < 1.29 is 38.0 Å². The van der Waals surface area contributed by atoms with E-state index in [1.165, 1.54) is 84.9 Å². The molecule has 0 radical (unpaired) electrons. The van der Waals surface area contributed by atoms with Crippen LogP contribution in [0, 0.1) is 10.1 Å². The minimum Gasteiger partial charge on any atom is -0.462 e. The summed E-state index contributed by atoms with van der Waals surface area (Å²) in [6.45, 7) is 3.78. The molecule has 0 aliphatic carbocycles. The Balaban J connectivity index is 1.63. The van der Waals surface area contributed by atoms with Crippen LogP contribution in [0.5, 0.6) is 0 Å². The summed E-state index contributed by atoms with van der Waals surface area (Å²) < 4.78 is 15.7. The van der Waals surface area contributed by atoms with Crippen LogP contribution in [0.3, 0.4) is 0 Å². The second-order valence-electron chi connectivity index (χ2n) is 9.04. The predicted octanol–water partition coefficient (Wildman–Crippen LogP) is 5.87. The Hall–Kier alpha value is -6.04. The largest absolute Gasteiger partial charge is 0.462 e. The number of carbonyl (C=O) groups is 4. The molecule has 2 N–H and O–H groups in total. The molecule has 0 atom stereocenters. The third kappa shape index (κ3) is 7.62. The smallest absolute Gasteiger partial charge is 0.338 e. The van der Waals surface area contributed by atoms with E-state index < -0.39 is 28.7 Å². The van der Waals surface area contributed by atoms with Crippen molar-refractivity contribution in [3.63, 3.8) is 0 Å². The number of nitro benzene ring substituents is 1. The highest BCUT2D eigenvalue weighted by atomic mass is 16.6. The van der Waals surface area contributed by atoms with Gasteiger partial charge >= 0.3 is 11.9 Å². The number of furan rings is 1. The monoisotopic (exact) mass is 597 g/mol. The molecule has 1 heterocycles. The molecular formula is C32H27N3O9. The molecule has 4 aromatic rings. The second-order valence-corrected chi connectivity index (χ2v) is 9.04. The van der Waals surface area contributed by atoms with E-state index in [-0.39, 0.29) is 52.7 Å². The molecule has 0 saturated carbocycles. The Labute approximate surface area is 251 Å². The summed E-state index contributed by atoms with van der Waals surface area (Å²) in [6.07, 6.45) is 1.20. The van der Waals surface area contributed by atoms with Crippen LogP contribution < -0.4 is 10.6 Å². The topological polar surface area (TPSA) is 167 Å². The number of rotatable bonds is 11. The van der Waals surface area contributed by atoms with E-state index in [0.29, 0.717) is 11.4 Å². The van der Waals surface area contributed by atoms with Gasteiger partial charge in [0.1, 0.15) is 17.1 Å². The first-order valence-electron chi connectivity index (χ1n) is 13.4. The van der Waals surface area contributed by atoms with Crippen molar-refractivity contribution in [1.82, 2.24) is 0 Å². The highest BCUT2D eigenvalue weighted by molar-refractivity contribution is 6.28. The fourth-order valence-electron chi connectivity index (χ4n) is 4.00. The highest BCUT2D eigenvalue weighted by Gasteiger charge is 2.22. The van der Waals surface area contributed by atoms with Gasteiger partial charge in [-0.05, 0) is 86.7 Å². The van der Waals surface area contributed by atoms with Crippen LogP contribution in [0.4, 0.5) is 17.1 Å². The minimum atomic E-state index is -0.807. The number of anilines is 2. The number of hydrogen-bond acceptors (Lipinski definition) is 9. The first-order valence-corrected chi connectivity index (χ1v) is 13.4. The maximum atomic E-state index is 13.4. The molecule has 0 bridgehead atoms. The number of benzene rings is 3. The number of hydrogen-bond donors (Lipinski definition) is 2. The first-order chi connectivity index (χ1) is 21.2. The van der Waals surface area contributed by atoms with Crippen LogP contribution in [-0.2, 0) is 19.1 Å². The van der Waals surface area contributed by atoms with Gasteiger partial charge in [-0.2, -0.15) is 0 Å². The van der Waals surface area contributed by atoms with E-state index in [0.717, 1.165) is 0 Å². The maximum Gasteiger partial charge on any atom is 0.338 e. The van der Waals surface area contributed by atoms with E-state index in [9.17, 15) is 29.3 Å². The number of amides is 2. The highest BCUT2D eigenvalue weighted by Crippen LogP contribution is 2.31. The predicted molar refractivity (Wildman–Crippen MR) is 161 cm³/mol. The van der Waals surface area contributed by atoms with E-state index in [1.807, 2.05) is 0 Å². The van der Waals surface area contributed by atoms with Crippen LogP contribution in [0.15, 0.2) is 94.9 Å². The Morgan fingerprint density at radius 3 is 1.73 bits per heavy atom. The van der Waals surface area contributed by atoms with Crippen molar-refractivity contribution in [3.05, 3.63) is 118 Å². The van der Waals surface area contributed by atoms with Crippen LogP contribution in [0.25, 0.3) is 17.4 Å².